The van der Waals surface area contributed by atoms with E-state index in [1.165, 1.54) is 7.11 Å². The molecule has 2 aliphatic carbocycles. The van der Waals surface area contributed by atoms with E-state index in [0.717, 1.165) is 19.3 Å². The molecule has 2 rings (SSSR count). The Kier molecular flexibility index (Phi) is 1.27. The second-order valence-electron chi connectivity index (χ2n) is 3.75. The molecule has 0 aromatic carbocycles. The van der Waals surface area contributed by atoms with Crippen molar-refractivity contribution in [1.82, 2.24) is 0 Å². The lowest BCUT2D eigenvalue weighted by molar-refractivity contribution is -0.147. The number of fused-ring (bicyclic) bond motifs is 1. The van der Waals surface area contributed by atoms with Gasteiger partial charge in [-0.15, -0.1) is 0 Å². The monoisotopic (exact) mass is 155 g/mol. The van der Waals surface area contributed by atoms with E-state index < -0.39 is 0 Å². The van der Waals surface area contributed by atoms with Gasteiger partial charge in [0.05, 0.1) is 12.5 Å². The maximum Gasteiger partial charge on any atom is 0.312 e. The van der Waals surface area contributed by atoms with Gasteiger partial charge in [0.2, 0.25) is 0 Å². The first-order valence-corrected chi connectivity index (χ1v) is 4.03. The van der Waals surface area contributed by atoms with Gasteiger partial charge < -0.3 is 10.5 Å². The lowest BCUT2D eigenvalue weighted by atomic mass is 10.0. The van der Waals surface area contributed by atoms with Crippen LogP contribution >= 0.6 is 0 Å². The number of nitrogens with two attached hydrogens (primary N) is 1. The van der Waals surface area contributed by atoms with Crippen LogP contribution in [0, 0.1) is 11.3 Å². The molecule has 3 unspecified atom stereocenters. The molecule has 0 radical (unpaired) electrons. The van der Waals surface area contributed by atoms with Crippen molar-refractivity contribution in [3.05, 3.63) is 0 Å². The number of rotatable bonds is 1. The van der Waals surface area contributed by atoms with Crippen LogP contribution in [0.5, 0.6) is 0 Å². The third-order valence-electron chi connectivity index (χ3n) is 3.04. The van der Waals surface area contributed by atoms with Crippen molar-refractivity contribution in [2.45, 2.75) is 25.3 Å². The van der Waals surface area contributed by atoms with E-state index in [1.54, 1.807) is 0 Å². The zero-order valence-corrected chi connectivity index (χ0v) is 6.67. The van der Waals surface area contributed by atoms with Crippen molar-refractivity contribution in [2.24, 2.45) is 17.1 Å². The van der Waals surface area contributed by atoms with Crippen LogP contribution in [0.15, 0.2) is 0 Å². The third-order valence-corrected chi connectivity index (χ3v) is 3.04. The van der Waals surface area contributed by atoms with Gasteiger partial charge in [-0.25, -0.2) is 0 Å². The Labute approximate surface area is 65.9 Å². The van der Waals surface area contributed by atoms with E-state index >= 15 is 0 Å². The van der Waals surface area contributed by atoms with Crippen molar-refractivity contribution in [3.63, 3.8) is 0 Å². The molecule has 2 aliphatic rings. The van der Waals surface area contributed by atoms with Gasteiger partial charge in [0.15, 0.2) is 0 Å². The van der Waals surface area contributed by atoms with Crippen LogP contribution in [0.1, 0.15) is 19.3 Å². The van der Waals surface area contributed by atoms with Gasteiger partial charge in [-0.1, -0.05) is 0 Å². The van der Waals surface area contributed by atoms with Crippen LogP contribution in [0.2, 0.25) is 0 Å². The highest BCUT2D eigenvalue weighted by Gasteiger charge is 2.65. The van der Waals surface area contributed by atoms with E-state index in [0.29, 0.717) is 5.92 Å². The minimum absolute atomic E-state index is 0.0459. The first-order chi connectivity index (χ1) is 5.19. The summed E-state index contributed by atoms with van der Waals surface area (Å²) < 4.78 is 4.73. The molecule has 0 saturated heterocycles. The fourth-order valence-electron chi connectivity index (χ4n) is 2.39. The molecule has 2 fully saturated rings. The molecule has 0 bridgehead atoms. The highest BCUT2D eigenvalue weighted by Crippen LogP contribution is 2.63. The Hall–Kier alpha value is -0.570. The summed E-state index contributed by atoms with van der Waals surface area (Å²) in [6, 6.07) is 0.229. The molecular formula is C8H13NO2. The van der Waals surface area contributed by atoms with Crippen molar-refractivity contribution < 1.29 is 9.53 Å². The van der Waals surface area contributed by atoms with Gasteiger partial charge in [-0.2, -0.15) is 0 Å². The zero-order chi connectivity index (χ0) is 8.06. The minimum Gasteiger partial charge on any atom is -0.469 e. The molecule has 3 atom stereocenters. The number of hydrogen-bond acceptors (Lipinski definition) is 3. The molecule has 0 heterocycles. The second kappa shape index (κ2) is 1.97. The summed E-state index contributed by atoms with van der Waals surface area (Å²) in [6.45, 7) is 0. The van der Waals surface area contributed by atoms with Crippen LogP contribution < -0.4 is 5.73 Å². The number of carbonyl (C=O) groups excluding carboxylic acids is 1. The summed E-state index contributed by atoms with van der Waals surface area (Å²) in [5.74, 6) is 0.486. The standard InChI is InChI=1S/C8H13NO2/c1-11-7(10)8-3-5(8)2-6(9)4-8/h5-6H,2-4,9H2,1H3. The molecule has 3 heteroatoms. The quantitative estimate of drug-likeness (QED) is 0.553. The first-order valence-electron chi connectivity index (χ1n) is 4.03. The van der Waals surface area contributed by atoms with E-state index in [9.17, 15) is 4.79 Å². The Balaban J connectivity index is 2.10. The van der Waals surface area contributed by atoms with Crippen LogP contribution in [-0.2, 0) is 9.53 Å². The Morgan fingerprint density at radius 2 is 2.36 bits per heavy atom. The average Bonchev–Trinajstić information content (AvgIpc) is 2.55. The van der Waals surface area contributed by atoms with Gasteiger partial charge >= 0.3 is 5.97 Å². The number of carbonyl (C=O) groups is 1. The first kappa shape index (κ1) is 7.10. The van der Waals surface area contributed by atoms with Crippen molar-refractivity contribution >= 4 is 5.97 Å². The summed E-state index contributed by atoms with van der Waals surface area (Å²) >= 11 is 0. The van der Waals surface area contributed by atoms with E-state index in [2.05, 4.69) is 0 Å². The maximum atomic E-state index is 11.2. The number of methoxy groups -OCH3 is 1. The predicted molar refractivity (Wildman–Crippen MR) is 39.8 cm³/mol. The highest BCUT2D eigenvalue weighted by molar-refractivity contribution is 5.81. The summed E-state index contributed by atoms with van der Waals surface area (Å²) in [4.78, 5) is 11.2. The minimum atomic E-state index is -0.145. The smallest absolute Gasteiger partial charge is 0.312 e. The maximum absolute atomic E-state index is 11.2. The van der Waals surface area contributed by atoms with Gasteiger partial charge in [-0.05, 0) is 25.2 Å². The van der Waals surface area contributed by atoms with E-state index in [-0.39, 0.29) is 17.4 Å². The number of ether oxygens (including phenoxy) is 1. The number of esters is 1. The Morgan fingerprint density at radius 1 is 1.64 bits per heavy atom. The lowest BCUT2D eigenvalue weighted by Crippen LogP contribution is -2.23. The van der Waals surface area contributed by atoms with Gasteiger partial charge in [0.1, 0.15) is 0 Å². The third kappa shape index (κ3) is 0.805. The Bertz CT molecular complexity index is 204. The molecule has 11 heavy (non-hydrogen) atoms. The summed E-state index contributed by atoms with van der Waals surface area (Å²) in [6.07, 6.45) is 2.85. The average molecular weight is 155 g/mol. The largest absolute Gasteiger partial charge is 0.469 e. The second-order valence-corrected chi connectivity index (χ2v) is 3.75. The normalized spacial score (nSPS) is 46.7. The summed E-state index contributed by atoms with van der Waals surface area (Å²) in [5, 5.41) is 0. The molecular weight excluding hydrogens is 142 g/mol. The van der Waals surface area contributed by atoms with Crippen molar-refractivity contribution in [3.8, 4) is 0 Å². The lowest BCUT2D eigenvalue weighted by Gasteiger charge is -2.10. The molecule has 3 nitrogen and oxygen atoms in total. The van der Waals surface area contributed by atoms with Crippen LogP contribution in [0.25, 0.3) is 0 Å². The van der Waals surface area contributed by atoms with Gasteiger partial charge in [-0.3, -0.25) is 4.79 Å². The molecule has 0 aromatic rings. The van der Waals surface area contributed by atoms with Crippen LogP contribution in [-0.4, -0.2) is 19.1 Å². The fraction of sp³-hybridized carbons (Fsp3) is 0.875. The number of hydrogen-bond donors (Lipinski definition) is 1. The molecule has 0 spiro atoms. The predicted octanol–water partition coefficient (Wildman–Crippen LogP) is 0.287. The van der Waals surface area contributed by atoms with Gasteiger partial charge in [0.25, 0.3) is 0 Å². The van der Waals surface area contributed by atoms with Crippen LogP contribution in [0.4, 0.5) is 0 Å². The van der Waals surface area contributed by atoms with E-state index in [1.807, 2.05) is 0 Å². The molecule has 0 aliphatic heterocycles. The summed E-state index contributed by atoms with van der Waals surface area (Å²) in [7, 11) is 1.45. The Morgan fingerprint density at radius 3 is 2.82 bits per heavy atom. The SMILES string of the molecule is COC(=O)C12CC(N)CC1C2. The highest BCUT2D eigenvalue weighted by atomic mass is 16.5. The van der Waals surface area contributed by atoms with Gasteiger partial charge in [0, 0.05) is 6.04 Å². The topological polar surface area (TPSA) is 52.3 Å². The molecule has 62 valence electrons. The molecule has 0 amide bonds. The molecule has 0 aromatic heterocycles. The van der Waals surface area contributed by atoms with Crippen molar-refractivity contribution in [1.29, 1.82) is 0 Å². The van der Waals surface area contributed by atoms with Crippen molar-refractivity contribution in [2.75, 3.05) is 7.11 Å². The zero-order valence-electron chi connectivity index (χ0n) is 6.67. The fourth-order valence-corrected chi connectivity index (χ4v) is 2.39. The van der Waals surface area contributed by atoms with E-state index in [4.69, 9.17) is 10.5 Å². The molecule has 2 saturated carbocycles. The summed E-state index contributed by atoms with van der Waals surface area (Å²) in [5.41, 5.74) is 5.58. The van der Waals surface area contributed by atoms with Crippen LogP contribution in [0.3, 0.4) is 0 Å². The molecule has 2 N–H and O–H groups in total.